The van der Waals surface area contributed by atoms with Gasteiger partial charge in [0.15, 0.2) is 0 Å². The minimum atomic E-state index is -0.852. The fraction of sp³-hybridized carbons (Fsp3) is 0.300. The van der Waals surface area contributed by atoms with Crippen LogP contribution in [0.5, 0.6) is 0 Å². The summed E-state index contributed by atoms with van der Waals surface area (Å²) >= 11 is 0. The van der Waals surface area contributed by atoms with Crippen LogP contribution >= 0.6 is 0 Å². The molecule has 0 bridgehead atoms. The van der Waals surface area contributed by atoms with Gasteiger partial charge in [-0.3, -0.25) is 4.79 Å². The maximum atomic E-state index is 10.6. The highest BCUT2D eigenvalue weighted by atomic mass is 16.4. The Labute approximate surface area is 82.9 Å². The Morgan fingerprint density at radius 1 is 1.50 bits per heavy atom. The van der Waals surface area contributed by atoms with Gasteiger partial charge >= 0.3 is 5.97 Å². The predicted octanol–water partition coefficient (Wildman–Crippen LogP) is 1.18. The summed E-state index contributed by atoms with van der Waals surface area (Å²) in [6.45, 7) is 2.50. The van der Waals surface area contributed by atoms with Gasteiger partial charge in [-0.1, -0.05) is 12.1 Å². The van der Waals surface area contributed by atoms with Crippen LogP contribution in [0.2, 0.25) is 0 Å². The zero-order valence-electron chi connectivity index (χ0n) is 8.10. The van der Waals surface area contributed by atoms with E-state index >= 15 is 0 Å². The maximum absolute atomic E-state index is 10.6. The third kappa shape index (κ3) is 2.39. The van der Waals surface area contributed by atoms with Crippen molar-refractivity contribution in [2.75, 3.05) is 23.7 Å². The molecule has 0 saturated carbocycles. The topological polar surface area (TPSA) is 66.6 Å². The molecule has 14 heavy (non-hydrogen) atoms. The van der Waals surface area contributed by atoms with Crippen molar-refractivity contribution in [1.29, 1.82) is 0 Å². The molecule has 0 aliphatic carbocycles. The largest absolute Gasteiger partial charge is 0.480 e. The lowest BCUT2D eigenvalue weighted by atomic mass is 10.2. The number of hydrogen-bond acceptors (Lipinski definition) is 3. The molecule has 1 aromatic rings. The lowest BCUT2D eigenvalue weighted by Gasteiger charge is -2.22. The molecular formula is C10H14N2O2. The summed E-state index contributed by atoms with van der Waals surface area (Å²) in [5, 5.41) is 8.68. The number of nitrogen functional groups attached to an aromatic ring is 1. The molecule has 0 fully saturated rings. The van der Waals surface area contributed by atoms with E-state index in [2.05, 4.69) is 0 Å². The quantitative estimate of drug-likeness (QED) is 0.706. The second kappa shape index (κ2) is 4.50. The molecule has 0 atom stereocenters. The molecule has 0 aliphatic heterocycles. The zero-order valence-corrected chi connectivity index (χ0v) is 8.10. The smallest absolute Gasteiger partial charge is 0.323 e. The van der Waals surface area contributed by atoms with Crippen molar-refractivity contribution in [3.8, 4) is 0 Å². The van der Waals surface area contributed by atoms with Crippen LogP contribution in [0.4, 0.5) is 11.4 Å². The molecule has 4 nitrogen and oxygen atoms in total. The first-order valence-corrected chi connectivity index (χ1v) is 4.46. The summed E-state index contributed by atoms with van der Waals surface area (Å²) in [4.78, 5) is 12.3. The van der Waals surface area contributed by atoms with E-state index in [1.165, 1.54) is 0 Å². The number of hydrogen-bond donors (Lipinski definition) is 2. The molecule has 0 unspecified atom stereocenters. The first-order valence-electron chi connectivity index (χ1n) is 4.46. The number of rotatable bonds is 4. The molecule has 1 rings (SSSR count). The molecule has 0 heterocycles. The number of aliphatic carboxylic acids is 1. The molecule has 3 N–H and O–H groups in total. The van der Waals surface area contributed by atoms with Gasteiger partial charge in [0, 0.05) is 6.54 Å². The van der Waals surface area contributed by atoms with Gasteiger partial charge in [-0.05, 0) is 19.1 Å². The average Bonchev–Trinajstić information content (AvgIpc) is 2.15. The molecular weight excluding hydrogens is 180 g/mol. The molecule has 0 saturated heterocycles. The van der Waals surface area contributed by atoms with E-state index in [-0.39, 0.29) is 6.54 Å². The lowest BCUT2D eigenvalue weighted by Crippen LogP contribution is -2.29. The molecule has 0 amide bonds. The van der Waals surface area contributed by atoms with Gasteiger partial charge in [-0.15, -0.1) is 0 Å². The number of anilines is 2. The first kappa shape index (κ1) is 10.4. The molecule has 0 aromatic heterocycles. The van der Waals surface area contributed by atoms with Crippen molar-refractivity contribution in [2.24, 2.45) is 0 Å². The highest BCUT2D eigenvalue weighted by molar-refractivity contribution is 5.77. The average molecular weight is 194 g/mol. The van der Waals surface area contributed by atoms with Gasteiger partial charge in [0.25, 0.3) is 0 Å². The van der Waals surface area contributed by atoms with Crippen molar-refractivity contribution in [3.05, 3.63) is 24.3 Å². The Morgan fingerprint density at radius 3 is 2.64 bits per heavy atom. The minimum absolute atomic E-state index is 0.0231. The van der Waals surface area contributed by atoms with Gasteiger partial charge in [0.2, 0.25) is 0 Å². The Kier molecular flexibility index (Phi) is 3.34. The van der Waals surface area contributed by atoms with Gasteiger partial charge < -0.3 is 15.7 Å². The number of para-hydroxylation sites is 2. The summed E-state index contributed by atoms with van der Waals surface area (Å²) in [6, 6.07) is 7.26. The summed E-state index contributed by atoms with van der Waals surface area (Å²) in [5.74, 6) is -0.852. The first-order chi connectivity index (χ1) is 6.65. The second-order valence-corrected chi connectivity index (χ2v) is 2.97. The number of carbonyl (C=O) groups is 1. The number of benzene rings is 1. The van der Waals surface area contributed by atoms with E-state index in [0.29, 0.717) is 12.2 Å². The van der Waals surface area contributed by atoms with Crippen LogP contribution in [0.1, 0.15) is 6.92 Å². The van der Waals surface area contributed by atoms with E-state index in [1.807, 2.05) is 25.1 Å². The number of nitrogens with zero attached hydrogens (tertiary/aromatic N) is 1. The molecule has 4 heteroatoms. The van der Waals surface area contributed by atoms with E-state index < -0.39 is 5.97 Å². The SMILES string of the molecule is CCN(CC(=O)O)c1ccccc1N. The Morgan fingerprint density at radius 2 is 2.14 bits per heavy atom. The van der Waals surface area contributed by atoms with Crippen LogP contribution < -0.4 is 10.6 Å². The fourth-order valence-electron chi connectivity index (χ4n) is 1.31. The summed E-state index contributed by atoms with van der Waals surface area (Å²) in [5.41, 5.74) is 7.12. The fourth-order valence-corrected chi connectivity index (χ4v) is 1.31. The van der Waals surface area contributed by atoms with E-state index in [0.717, 1.165) is 5.69 Å². The molecule has 1 aromatic carbocycles. The second-order valence-electron chi connectivity index (χ2n) is 2.97. The number of likely N-dealkylation sites (N-methyl/N-ethyl adjacent to an activating group) is 1. The number of carboxylic acid groups (broad SMARTS) is 1. The van der Waals surface area contributed by atoms with Gasteiger partial charge in [0.1, 0.15) is 6.54 Å². The number of nitrogens with two attached hydrogens (primary N) is 1. The maximum Gasteiger partial charge on any atom is 0.323 e. The van der Waals surface area contributed by atoms with Crippen LogP contribution in [0.25, 0.3) is 0 Å². The van der Waals surface area contributed by atoms with Crippen molar-refractivity contribution >= 4 is 17.3 Å². The van der Waals surface area contributed by atoms with Crippen molar-refractivity contribution in [1.82, 2.24) is 0 Å². The summed E-state index contributed by atoms with van der Waals surface area (Å²) < 4.78 is 0. The molecule has 0 radical (unpaired) electrons. The molecule has 0 spiro atoms. The Bertz CT molecular complexity index is 326. The molecule has 76 valence electrons. The van der Waals surface area contributed by atoms with Gasteiger partial charge in [-0.2, -0.15) is 0 Å². The lowest BCUT2D eigenvalue weighted by molar-refractivity contribution is -0.135. The van der Waals surface area contributed by atoms with E-state index in [1.54, 1.807) is 11.0 Å². The third-order valence-corrected chi connectivity index (χ3v) is 1.99. The van der Waals surface area contributed by atoms with E-state index in [4.69, 9.17) is 10.8 Å². The normalized spacial score (nSPS) is 9.79. The standard InChI is InChI=1S/C10H14N2O2/c1-2-12(7-10(13)14)9-6-4-3-5-8(9)11/h3-6H,2,7,11H2,1H3,(H,13,14). The highest BCUT2D eigenvalue weighted by Crippen LogP contribution is 2.21. The van der Waals surface area contributed by atoms with Gasteiger partial charge in [0.05, 0.1) is 11.4 Å². The van der Waals surface area contributed by atoms with Crippen LogP contribution in [-0.4, -0.2) is 24.2 Å². The monoisotopic (exact) mass is 194 g/mol. The predicted molar refractivity (Wildman–Crippen MR) is 56.4 cm³/mol. The zero-order chi connectivity index (χ0) is 10.6. The third-order valence-electron chi connectivity index (χ3n) is 1.99. The Balaban J connectivity index is 2.89. The van der Waals surface area contributed by atoms with Gasteiger partial charge in [-0.25, -0.2) is 0 Å². The van der Waals surface area contributed by atoms with Crippen LogP contribution in [0.15, 0.2) is 24.3 Å². The Hall–Kier alpha value is -1.71. The van der Waals surface area contributed by atoms with Crippen molar-refractivity contribution in [3.63, 3.8) is 0 Å². The summed E-state index contributed by atoms with van der Waals surface area (Å²) in [7, 11) is 0. The van der Waals surface area contributed by atoms with E-state index in [9.17, 15) is 4.79 Å². The number of carboxylic acids is 1. The van der Waals surface area contributed by atoms with Crippen LogP contribution in [0.3, 0.4) is 0 Å². The molecule has 0 aliphatic rings. The van der Waals surface area contributed by atoms with Crippen molar-refractivity contribution < 1.29 is 9.90 Å². The van der Waals surface area contributed by atoms with Crippen LogP contribution in [-0.2, 0) is 4.79 Å². The van der Waals surface area contributed by atoms with Crippen LogP contribution in [0, 0.1) is 0 Å². The van der Waals surface area contributed by atoms with Crippen molar-refractivity contribution in [2.45, 2.75) is 6.92 Å². The minimum Gasteiger partial charge on any atom is -0.480 e. The summed E-state index contributed by atoms with van der Waals surface area (Å²) in [6.07, 6.45) is 0. The highest BCUT2D eigenvalue weighted by Gasteiger charge is 2.10.